The fourth-order valence-electron chi connectivity index (χ4n) is 6.64. The Morgan fingerprint density at radius 3 is 2.47 bits per heavy atom. The topological polar surface area (TPSA) is 108 Å². The molecule has 8 nitrogen and oxygen atoms in total. The van der Waals surface area contributed by atoms with Gasteiger partial charge < -0.3 is 24.1 Å². The second-order valence-corrected chi connectivity index (χ2v) is 9.46. The lowest BCUT2D eigenvalue weighted by Gasteiger charge is -2.63. The molecule has 1 aliphatic heterocycles. The van der Waals surface area contributed by atoms with E-state index in [1.807, 2.05) is 6.92 Å². The Kier molecular flexibility index (Phi) is 4.50. The minimum atomic E-state index is -1.23. The number of esters is 3. The summed E-state index contributed by atoms with van der Waals surface area (Å²) < 4.78 is 22.5. The number of aliphatic hydroxyl groups is 1. The summed E-state index contributed by atoms with van der Waals surface area (Å²) in [5.74, 6) is -2.24. The fourth-order valence-corrected chi connectivity index (χ4v) is 6.64. The zero-order valence-corrected chi connectivity index (χ0v) is 17.9. The van der Waals surface area contributed by atoms with Gasteiger partial charge in [-0.15, -0.1) is 0 Å². The minimum Gasteiger partial charge on any atom is -0.462 e. The molecule has 4 aliphatic rings. The normalized spacial score (nSPS) is 43.3. The molecule has 1 N–H and O–H groups in total. The highest BCUT2D eigenvalue weighted by atomic mass is 16.6. The molecule has 3 fully saturated rings. The van der Waals surface area contributed by atoms with Gasteiger partial charge in [-0.25, -0.2) is 9.59 Å². The zero-order chi connectivity index (χ0) is 22.2. The summed E-state index contributed by atoms with van der Waals surface area (Å²) in [6, 6.07) is 0. The first-order valence-corrected chi connectivity index (χ1v) is 10.1. The summed E-state index contributed by atoms with van der Waals surface area (Å²) in [4.78, 5) is 36.9. The van der Waals surface area contributed by atoms with Crippen LogP contribution in [-0.2, 0) is 33.3 Å². The van der Waals surface area contributed by atoms with Crippen molar-refractivity contribution in [3.8, 4) is 0 Å². The van der Waals surface area contributed by atoms with Gasteiger partial charge in [0.25, 0.3) is 0 Å². The van der Waals surface area contributed by atoms with E-state index in [1.165, 1.54) is 14.0 Å². The minimum absolute atomic E-state index is 0.0139. The van der Waals surface area contributed by atoms with Crippen molar-refractivity contribution in [1.29, 1.82) is 0 Å². The molecule has 0 radical (unpaired) electrons. The van der Waals surface area contributed by atoms with E-state index < -0.39 is 52.7 Å². The van der Waals surface area contributed by atoms with Crippen molar-refractivity contribution in [3.63, 3.8) is 0 Å². The number of fused-ring (bicyclic) bond motifs is 2. The van der Waals surface area contributed by atoms with Crippen molar-refractivity contribution in [1.82, 2.24) is 0 Å². The third kappa shape index (κ3) is 2.43. The number of carbonyl (C=O) groups is 3. The highest BCUT2D eigenvalue weighted by Gasteiger charge is 2.87. The summed E-state index contributed by atoms with van der Waals surface area (Å²) in [5, 5.41) is 11.3. The number of rotatable bonds is 5. The van der Waals surface area contributed by atoms with Crippen LogP contribution in [0.4, 0.5) is 0 Å². The molecule has 0 aromatic rings. The molecular weight excluding hydrogens is 392 g/mol. The predicted octanol–water partition coefficient (Wildman–Crippen LogP) is 1.46. The molecule has 0 saturated heterocycles. The van der Waals surface area contributed by atoms with Crippen LogP contribution in [-0.4, -0.2) is 60.1 Å². The smallest absolute Gasteiger partial charge is 0.337 e. The van der Waals surface area contributed by atoms with E-state index in [0.717, 1.165) is 0 Å². The van der Waals surface area contributed by atoms with Crippen LogP contribution >= 0.6 is 0 Å². The molecule has 1 heterocycles. The fraction of sp³-hybridized carbons (Fsp3) is 0.682. The molecule has 0 amide bonds. The van der Waals surface area contributed by atoms with Crippen LogP contribution < -0.4 is 0 Å². The first kappa shape index (κ1) is 21.1. The monoisotopic (exact) mass is 420 g/mol. The molecule has 7 atom stereocenters. The highest BCUT2D eigenvalue weighted by molar-refractivity contribution is 5.95. The summed E-state index contributed by atoms with van der Waals surface area (Å²) in [6.07, 6.45) is -0.591. The molecular formula is C22H28O8. The van der Waals surface area contributed by atoms with Gasteiger partial charge >= 0.3 is 17.9 Å². The number of ether oxygens (including phenoxy) is 4. The summed E-state index contributed by atoms with van der Waals surface area (Å²) in [6.45, 7) is 10.2. The first-order chi connectivity index (χ1) is 13.9. The molecule has 0 bridgehead atoms. The second kappa shape index (κ2) is 6.40. The van der Waals surface area contributed by atoms with E-state index in [1.54, 1.807) is 13.8 Å². The van der Waals surface area contributed by atoms with Crippen molar-refractivity contribution in [2.75, 3.05) is 13.7 Å². The number of carbonyl (C=O) groups excluding carboxylic acids is 3. The lowest BCUT2D eigenvalue weighted by Crippen LogP contribution is -2.71. The summed E-state index contributed by atoms with van der Waals surface area (Å²) in [7, 11) is 1.47. The molecule has 164 valence electrons. The van der Waals surface area contributed by atoms with Crippen molar-refractivity contribution < 1.29 is 38.4 Å². The standard InChI is InChI=1S/C22H28O8/c1-10(2)18(24)29-13-7-20(4)16-14(28-11(3)23)8-21(5,26)17(16)22(20)15(13)12(9-27-6)19(25)30-22/h13-14,16-17,26H,1,7-9H2,2-6H3/t13-,14-,16+,17+,20+,21+,22+/m0/s1. The van der Waals surface area contributed by atoms with Crippen LogP contribution in [0, 0.1) is 17.3 Å². The van der Waals surface area contributed by atoms with Crippen molar-refractivity contribution in [2.45, 2.75) is 63.9 Å². The largest absolute Gasteiger partial charge is 0.462 e. The molecule has 1 spiro atoms. The van der Waals surface area contributed by atoms with Gasteiger partial charge in [-0.2, -0.15) is 0 Å². The number of hydrogen-bond donors (Lipinski definition) is 1. The van der Waals surface area contributed by atoms with Gasteiger partial charge in [-0.05, 0) is 20.3 Å². The van der Waals surface area contributed by atoms with E-state index in [4.69, 9.17) is 18.9 Å². The van der Waals surface area contributed by atoms with Crippen molar-refractivity contribution >= 4 is 17.9 Å². The second-order valence-electron chi connectivity index (χ2n) is 9.46. The van der Waals surface area contributed by atoms with Crippen molar-refractivity contribution in [2.24, 2.45) is 17.3 Å². The average Bonchev–Trinajstić information content (AvgIpc) is 3.11. The van der Waals surface area contributed by atoms with Crippen LogP contribution in [0.2, 0.25) is 0 Å². The molecule has 0 aromatic carbocycles. The van der Waals surface area contributed by atoms with Gasteiger partial charge in [-0.1, -0.05) is 13.5 Å². The Hall–Kier alpha value is -2.19. The maximum Gasteiger partial charge on any atom is 0.337 e. The molecule has 4 rings (SSSR count). The van der Waals surface area contributed by atoms with Gasteiger partial charge in [0.15, 0.2) is 0 Å². The quantitative estimate of drug-likeness (QED) is 0.405. The van der Waals surface area contributed by atoms with Crippen LogP contribution in [0.15, 0.2) is 23.3 Å². The Morgan fingerprint density at radius 2 is 1.90 bits per heavy atom. The molecule has 3 saturated carbocycles. The van der Waals surface area contributed by atoms with Crippen LogP contribution in [0.25, 0.3) is 0 Å². The molecule has 30 heavy (non-hydrogen) atoms. The summed E-state index contributed by atoms with van der Waals surface area (Å²) in [5.41, 5.74) is -1.88. The molecule has 0 unspecified atom stereocenters. The highest BCUT2D eigenvalue weighted by Crippen LogP contribution is 2.79. The zero-order valence-electron chi connectivity index (χ0n) is 17.9. The van der Waals surface area contributed by atoms with Crippen LogP contribution in [0.1, 0.15) is 40.5 Å². The van der Waals surface area contributed by atoms with Gasteiger partial charge in [0.05, 0.1) is 17.8 Å². The molecule has 8 heteroatoms. The number of methoxy groups -OCH3 is 1. The maximum absolute atomic E-state index is 12.8. The van der Waals surface area contributed by atoms with Gasteiger partial charge in [0, 0.05) is 48.9 Å². The third-order valence-electron chi connectivity index (χ3n) is 7.43. The Bertz CT molecular complexity index is 886. The van der Waals surface area contributed by atoms with E-state index in [9.17, 15) is 19.5 Å². The van der Waals surface area contributed by atoms with Crippen LogP contribution in [0.5, 0.6) is 0 Å². The van der Waals surface area contributed by atoms with Gasteiger partial charge in [-0.3, -0.25) is 4.79 Å². The predicted molar refractivity (Wildman–Crippen MR) is 103 cm³/mol. The van der Waals surface area contributed by atoms with E-state index >= 15 is 0 Å². The van der Waals surface area contributed by atoms with E-state index in [2.05, 4.69) is 6.58 Å². The van der Waals surface area contributed by atoms with E-state index in [-0.39, 0.29) is 24.5 Å². The molecule has 0 aromatic heterocycles. The lowest BCUT2D eigenvalue weighted by molar-refractivity contribution is -0.262. The first-order valence-electron chi connectivity index (χ1n) is 10.1. The number of hydrogen-bond acceptors (Lipinski definition) is 8. The third-order valence-corrected chi connectivity index (χ3v) is 7.43. The average molecular weight is 420 g/mol. The Morgan fingerprint density at radius 1 is 1.23 bits per heavy atom. The Labute approximate surface area is 175 Å². The van der Waals surface area contributed by atoms with Crippen LogP contribution in [0.3, 0.4) is 0 Å². The van der Waals surface area contributed by atoms with E-state index in [0.29, 0.717) is 17.6 Å². The SMILES string of the molecule is C=C(C)C(=O)O[C@H]1C[C@]2(C)[C@@H]3[C@@H](OC(C)=O)C[C@@](C)(O)[C@@H]3[C@@]23OC(=O)C(COC)=C13. The molecule has 3 aliphatic carbocycles. The lowest BCUT2D eigenvalue weighted by atomic mass is 9.44. The van der Waals surface area contributed by atoms with Gasteiger partial charge in [0.2, 0.25) is 0 Å². The maximum atomic E-state index is 12.8. The van der Waals surface area contributed by atoms with Gasteiger partial charge in [0.1, 0.15) is 17.8 Å². The Balaban J connectivity index is 1.84. The summed E-state index contributed by atoms with van der Waals surface area (Å²) >= 11 is 0. The van der Waals surface area contributed by atoms with Crippen molar-refractivity contribution in [3.05, 3.63) is 23.3 Å².